The molecule has 1 aromatic carbocycles. The van der Waals surface area contributed by atoms with Crippen molar-refractivity contribution in [2.24, 2.45) is 5.73 Å². The number of unbranched alkanes of at least 4 members (excludes halogenated alkanes) is 1. The van der Waals surface area contributed by atoms with Gasteiger partial charge in [0.05, 0.1) is 0 Å². The topological polar surface area (TPSA) is 93.5 Å². The van der Waals surface area contributed by atoms with Gasteiger partial charge in [-0.3, -0.25) is 9.59 Å². The maximum Gasteiger partial charge on any atom is 0.253 e. The summed E-state index contributed by atoms with van der Waals surface area (Å²) in [6.45, 7) is 3.15. The highest BCUT2D eigenvalue weighted by atomic mass is 35.5. The Morgan fingerprint density at radius 1 is 1.40 bits per heavy atom. The molecule has 0 bridgehead atoms. The number of benzene rings is 1. The van der Waals surface area contributed by atoms with Crippen LogP contribution in [-0.2, 0) is 9.53 Å². The van der Waals surface area contributed by atoms with Crippen molar-refractivity contribution < 1.29 is 14.3 Å². The molecule has 2 rings (SSSR count). The number of amides is 2. The SMILES string of the molecule is CCCCC(CN)NC(=O)c1cccc(NC(=O)C2CCCO2)c1.Cl. The molecule has 1 aliphatic heterocycles. The molecular formula is C18H28ClN3O3. The van der Waals surface area contributed by atoms with Crippen LogP contribution in [0.1, 0.15) is 49.4 Å². The highest BCUT2D eigenvalue weighted by molar-refractivity contribution is 5.98. The van der Waals surface area contributed by atoms with Gasteiger partial charge >= 0.3 is 0 Å². The first-order valence-corrected chi connectivity index (χ1v) is 8.67. The van der Waals surface area contributed by atoms with E-state index in [1.54, 1.807) is 24.3 Å². The third-order valence-corrected chi connectivity index (χ3v) is 4.14. The molecule has 1 aromatic rings. The van der Waals surface area contributed by atoms with Crippen LogP contribution < -0.4 is 16.4 Å². The second-order valence-electron chi connectivity index (χ2n) is 6.12. The number of rotatable bonds is 8. The fourth-order valence-electron chi connectivity index (χ4n) is 2.71. The molecule has 25 heavy (non-hydrogen) atoms. The Balaban J connectivity index is 0.00000312. The summed E-state index contributed by atoms with van der Waals surface area (Å²) in [7, 11) is 0. The molecule has 7 heteroatoms. The predicted octanol–water partition coefficient (Wildman–Crippen LogP) is 2.47. The molecule has 1 heterocycles. The van der Waals surface area contributed by atoms with E-state index in [2.05, 4.69) is 17.6 Å². The molecule has 1 fully saturated rings. The van der Waals surface area contributed by atoms with Crippen LogP contribution in [0.3, 0.4) is 0 Å². The van der Waals surface area contributed by atoms with Gasteiger partial charge in [0, 0.05) is 30.4 Å². The summed E-state index contributed by atoms with van der Waals surface area (Å²) in [5, 5.41) is 5.76. The number of nitrogens with two attached hydrogens (primary N) is 1. The van der Waals surface area contributed by atoms with Gasteiger partial charge in [0.15, 0.2) is 0 Å². The largest absolute Gasteiger partial charge is 0.368 e. The highest BCUT2D eigenvalue weighted by Gasteiger charge is 2.23. The lowest BCUT2D eigenvalue weighted by molar-refractivity contribution is -0.124. The van der Waals surface area contributed by atoms with Gasteiger partial charge in [-0.05, 0) is 37.5 Å². The molecule has 1 aliphatic rings. The van der Waals surface area contributed by atoms with Crippen LogP contribution in [0.5, 0.6) is 0 Å². The van der Waals surface area contributed by atoms with Gasteiger partial charge < -0.3 is 21.1 Å². The van der Waals surface area contributed by atoms with Crippen LogP contribution in [0.25, 0.3) is 0 Å². The van der Waals surface area contributed by atoms with Gasteiger partial charge in [0.2, 0.25) is 0 Å². The summed E-state index contributed by atoms with van der Waals surface area (Å²) in [5.74, 6) is -0.331. The molecule has 0 aliphatic carbocycles. The van der Waals surface area contributed by atoms with Crippen LogP contribution >= 0.6 is 12.4 Å². The van der Waals surface area contributed by atoms with Gasteiger partial charge in [-0.25, -0.2) is 0 Å². The first-order valence-electron chi connectivity index (χ1n) is 8.67. The van der Waals surface area contributed by atoms with E-state index in [0.29, 0.717) is 24.4 Å². The van der Waals surface area contributed by atoms with Crippen LogP contribution in [0.4, 0.5) is 5.69 Å². The molecule has 140 valence electrons. The van der Waals surface area contributed by atoms with Crippen molar-refractivity contribution in [1.29, 1.82) is 0 Å². The summed E-state index contributed by atoms with van der Waals surface area (Å²) in [4.78, 5) is 24.5. The second kappa shape index (κ2) is 11.1. The standard InChI is InChI=1S/C18H27N3O3.ClH/c1-2-3-7-15(12-19)21-17(22)13-6-4-8-14(11-13)20-18(23)16-9-5-10-24-16;/h4,6,8,11,15-16H,2-3,5,7,9-10,12,19H2,1H3,(H,20,23)(H,21,22);1H. The van der Waals surface area contributed by atoms with Crippen LogP contribution in [0.2, 0.25) is 0 Å². The van der Waals surface area contributed by atoms with Gasteiger partial charge in [-0.2, -0.15) is 0 Å². The molecule has 0 aromatic heterocycles. The molecule has 1 saturated heterocycles. The predicted molar refractivity (Wildman–Crippen MR) is 101 cm³/mol. The Morgan fingerprint density at radius 3 is 2.84 bits per heavy atom. The Kier molecular flexibility index (Phi) is 9.49. The number of halogens is 1. The van der Waals surface area contributed by atoms with E-state index in [1.807, 2.05) is 0 Å². The molecular weight excluding hydrogens is 342 g/mol. The zero-order valence-electron chi connectivity index (χ0n) is 14.6. The second-order valence-corrected chi connectivity index (χ2v) is 6.12. The van der Waals surface area contributed by atoms with Gasteiger partial charge in [0.1, 0.15) is 6.10 Å². The number of hydrogen-bond donors (Lipinski definition) is 3. The van der Waals surface area contributed by atoms with Crippen LogP contribution in [0.15, 0.2) is 24.3 Å². The van der Waals surface area contributed by atoms with Crippen molar-refractivity contribution in [2.45, 2.75) is 51.2 Å². The van der Waals surface area contributed by atoms with Crippen molar-refractivity contribution in [3.63, 3.8) is 0 Å². The molecule has 0 radical (unpaired) electrons. The van der Waals surface area contributed by atoms with E-state index in [1.165, 1.54) is 0 Å². The number of ether oxygens (including phenoxy) is 1. The van der Waals surface area contributed by atoms with E-state index >= 15 is 0 Å². The Labute approximate surface area is 155 Å². The lowest BCUT2D eigenvalue weighted by Gasteiger charge is -2.17. The quantitative estimate of drug-likeness (QED) is 0.656. The first kappa shape index (κ1) is 21.4. The minimum atomic E-state index is -0.391. The Hall–Kier alpha value is -1.63. The average molecular weight is 370 g/mol. The van der Waals surface area contributed by atoms with Crippen molar-refractivity contribution >= 4 is 29.9 Å². The van der Waals surface area contributed by atoms with Crippen molar-refractivity contribution in [3.05, 3.63) is 29.8 Å². The minimum Gasteiger partial charge on any atom is -0.368 e. The highest BCUT2D eigenvalue weighted by Crippen LogP contribution is 2.16. The lowest BCUT2D eigenvalue weighted by atomic mass is 10.1. The molecule has 2 atom stereocenters. The van der Waals surface area contributed by atoms with E-state index in [9.17, 15) is 9.59 Å². The maximum absolute atomic E-state index is 12.4. The number of hydrogen-bond acceptors (Lipinski definition) is 4. The van der Waals surface area contributed by atoms with E-state index in [-0.39, 0.29) is 30.3 Å². The van der Waals surface area contributed by atoms with Crippen molar-refractivity contribution in [1.82, 2.24) is 5.32 Å². The average Bonchev–Trinajstić information content (AvgIpc) is 3.13. The Morgan fingerprint density at radius 2 is 2.20 bits per heavy atom. The fraction of sp³-hybridized carbons (Fsp3) is 0.556. The molecule has 0 spiro atoms. The van der Waals surface area contributed by atoms with Gasteiger partial charge in [-0.1, -0.05) is 25.8 Å². The number of nitrogens with one attached hydrogen (secondary N) is 2. The third-order valence-electron chi connectivity index (χ3n) is 4.14. The summed E-state index contributed by atoms with van der Waals surface area (Å²) in [5.41, 5.74) is 6.83. The molecule has 2 unspecified atom stereocenters. The third kappa shape index (κ3) is 6.65. The smallest absolute Gasteiger partial charge is 0.253 e. The maximum atomic E-state index is 12.4. The number of carbonyl (C=O) groups is 2. The number of carbonyl (C=O) groups excluding carboxylic acids is 2. The summed E-state index contributed by atoms with van der Waals surface area (Å²) < 4.78 is 5.36. The molecule has 6 nitrogen and oxygen atoms in total. The van der Waals surface area contributed by atoms with Crippen molar-refractivity contribution in [3.8, 4) is 0 Å². The Bertz CT molecular complexity index is 562. The monoisotopic (exact) mass is 369 g/mol. The zero-order chi connectivity index (χ0) is 17.4. The van der Waals surface area contributed by atoms with E-state index in [0.717, 1.165) is 32.1 Å². The molecule has 2 amide bonds. The summed E-state index contributed by atoms with van der Waals surface area (Å²) >= 11 is 0. The fourth-order valence-corrected chi connectivity index (χ4v) is 2.71. The van der Waals surface area contributed by atoms with E-state index < -0.39 is 6.10 Å². The normalized spacial score (nSPS) is 17.4. The van der Waals surface area contributed by atoms with Crippen LogP contribution in [0, 0.1) is 0 Å². The summed E-state index contributed by atoms with van der Waals surface area (Å²) in [6.07, 6.45) is 4.21. The molecule has 0 saturated carbocycles. The van der Waals surface area contributed by atoms with Gasteiger partial charge in [0.25, 0.3) is 11.8 Å². The number of anilines is 1. The molecule has 4 N–H and O–H groups in total. The van der Waals surface area contributed by atoms with Gasteiger partial charge in [-0.15, -0.1) is 12.4 Å². The zero-order valence-corrected chi connectivity index (χ0v) is 15.4. The van der Waals surface area contributed by atoms with E-state index in [4.69, 9.17) is 10.5 Å². The van der Waals surface area contributed by atoms with Crippen LogP contribution in [-0.4, -0.2) is 37.1 Å². The summed E-state index contributed by atoms with van der Waals surface area (Å²) in [6, 6.07) is 6.90. The lowest BCUT2D eigenvalue weighted by Crippen LogP contribution is -2.40. The first-order chi connectivity index (χ1) is 11.6. The van der Waals surface area contributed by atoms with Crippen molar-refractivity contribution in [2.75, 3.05) is 18.5 Å². The minimum absolute atomic E-state index is 0.